The molecule has 72 heavy (non-hydrogen) atoms. The van der Waals surface area contributed by atoms with E-state index in [0.29, 0.717) is 5.92 Å². The monoisotopic (exact) mass is 922 g/mol. The average Bonchev–Trinajstić information content (AvgIpc) is 3.80. The summed E-state index contributed by atoms with van der Waals surface area (Å²) in [6.07, 6.45) is 6.71. The average molecular weight is 923 g/mol. The van der Waals surface area contributed by atoms with Crippen molar-refractivity contribution in [3.63, 3.8) is 0 Å². The predicted molar refractivity (Wildman–Crippen MR) is 306 cm³/mol. The number of para-hydroxylation sites is 1. The lowest BCUT2D eigenvalue weighted by atomic mass is 9.84. The van der Waals surface area contributed by atoms with E-state index in [-0.39, 0.29) is 0 Å². The molecule has 0 amide bonds. The lowest BCUT2D eigenvalue weighted by Gasteiger charge is -2.29. The van der Waals surface area contributed by atoms with E-state index in [1.165, 1.54) is 115 Å². The molecule has 0 saturated heterocycles. The van der Waals surface area contributed by atoms with Crippen molar-refractivity contribution in [3.8, 4) is 61.3 Å². The molecule has 1 saturated carbocycles. The van der Waals surface area contributed by atoms with Crippen molar-refractivity contribution in [2.24, 2.45) is 0 Å². The molecular weight excluding hydrogens is 869 g/mol. The molecule has 11 aromatic carbocycles. The zero-order valence-electron chi connectivity index (χ0n) is 40.3. The van der Waals surface area contributed by atoms with E-state index >= 15 is 0 Å². The van der Waals surface area contributed by atoms with E-state index in [0.717, 1.165) is 33.8 Å². The SMILES string of the molecule is c1ccc(-c2cccc(-c3ccccc3)c2-c2ccc(N(c3ccc4c5ccccc5n(-c5ccc(-c6ccc(C7CCCCC7)cc6)cc5)c4c3)c3ccc4ccccc4c3-c3ccccc3)cc2)cc1. The highest BCUT2D eigenvalue weighted by molar-refractivity contribution is 6.11. The maximum absolute atomic E-state index is 2.47. The van der Waals surface area contributed by atoms with Gasteiger partial charge in [-0.25, -0.2) is 0 Å². The molecule has 344 valence electrons. The Morgan fingerprint density at radius 2 is 0.861 bits per heavy atom. The predicted octanol–water partition coefficient (Wildman–Crippen LogP) is 19.8. The molecule has 1 fully saturated rings. The van der Waals surface area contributed by atoms with E-state index in [4.69, 9.17) is 0 Å². The van der Waals surface area contributed by atoms with Crippen LogP contribution in [0.3, 0.4) is 0 Å². The number of anilines is 3. The van der Waals surface area contributed by atoms with Gasteiger partial charge in [0.1, 0.15) is 0 Å². The van der Waals surface area contributed by atoms with E-state index in [2.05, 4.69) is 270 Å². The summed E-state index contributed by atoms with van der Waals surface area (Å²) in [4.78, 5) is 2.47. The van der Waals surface area contributed by atoms with Crippen molar-refractivity contribution in [1.29, 1.82) is 0 Å². The molecule has 12 aromatic rings. The van der Waals surface area contributed by atoms with Gasteiger partial charge in [0.25, 0.3) is 0 Å². The number of aromatic nitrogens is 1. The van der Waals surface area contributed by atoms with Crippen LogP contribution in [0.25, 0.3) is 93.9 Å². The second-order valence-electron chi connectivity index (χ2n) is 19.4. The lowest BCUT2D eigenvalue weighted by molar-refractivity contribution is 0.443. The third kappa shape index (κ3) is 7.96. The zero-order valence-corrected chi connectivity index (χ0v) is 40.3. The fraction of sp³-hybridized carbons (Fsp3) is 0.0857. The first kappa shape index (κ1) is 43.3. The quantitative estimate of drug-likeness (QED) is 0.133. The topological polar surface area (TPSA) is 8.17 Å². The van der Waals surface area contributed by atoms with Crippen LogP contribution in [0.5, 0.6) is 0 Å². The molecule has 0 atom stereocenters. The molecule has 1 aliphatic carbocycles. The summed E-state index contributed by atoms with van der Waals surface area (Å²) in [5, 5.41) is 4.88. The third-order valence-corrected chi connectivity index (χ3v) is 15.2. The number of benzene rings is 11. The number of nitrogens with zero attached hydrogens (tertiary/aromatic N) is 2. The molecule has 0 unspecified atom stereocenters. The number of hydrogen-bond donors (Lipinski definition) is 0. The largest absolute Gasteiger partial charge is 0.310 e. The molecule has 2 heteroatoms. The van der Waals surface area contributed by atoms with Crippen LogP contribution in [-0.4, -0.2) is 4.57 Å². The van der Waals surface area contributed by atoms with Gasteiger partial charge in [-0.15, -0.1) is 0 Å². The second kappa shape index (κ2) is 18.9. The van der Waals surface area contributed by atoms with Gasteiger partial charge in [-0.3, -0.25) is 0 Å². The highest BCUT2D eigenvalue weighted by atomic mass is 15.1. The van der Waals surface area contributed by atoms with Gasteiger partial charge >= 0.3 is 0 Å². The van der Waals surface area contributed by atoms with Crippen LogP contribution in [0.15, 0.2) is 261 Å². The smallest absolute Gasteiger partial charge is 0.0561 e. The van der Waals surface area contributed by atoms with Crippen molar-refractivity contribution in [2.75, 3.05) is 4.90 Å². The van der Waals surface area contributed by atoms with E-state index in [1.807, 2.05) is 0 Å². The molecule has 0 radical (unpaired) electrons. The van der Waals surface area contributed by atoms with Gasteiger partial charge in [-0.2, -0.15) is 0 Å². The van der Waals surface area contributed by atoms with Gasteiger partial charge in [0.05, 0.1) is 16.7 Å². The Balaban J connectivity index is 0.980. The molecule has 0 bridgehead atoms. The van der Waals surface area contributed by atoms with Gasteiger partial charge in [0.15, 0.2) is 0 Å². The summed E-state index contributed by atoms with van der Waals surface area (Å²) in [7, 11) is 0. The van der Waals surface area contributed by atoms with E-state index in [9.17, 15) is 0 Å². The van der Waals surface area contributed by atoms with Crippen molar-refractivity contribution in [2.45, 2.75) is 38.0 Å². The molecule has 13 rings (SSSR count). The van der Waals surface area contributed by atoms with Crippen LogP contribution in [0.4, 0.5) is 17.1 Å². The lowest BCUT2D eigenvalue weighted by Crippen LogP contribution is -2.12. The molecule has 0 N–H and O–H groups in total. The van der Waals surface area contributed by atoms with Crippen molar-refractivity contribution >= 4 is 49.6 Å². The maximum atomic E-state index is 2.47. The number of hydrogen-bond acceptors (Lipinski definition) is 1. The van der Waals surface area contributed by atoms with Gasteiger partial charge in [-0.1, -0.05) is 232 Å². The molecule has 1 aromatic heterocycles. The molecular formula is C70H54N2. The highest BCUT2D eigenvalue weighted by Gasteiger charge is 2.23. The Labute approximate surface area is 422 Å². The van der Waals surface area contributed by atoms with Gasteiger partial charge in [0.2, 0.25) is 0 Å². The van der Waals surface area contributed by atoms with Crippen LogP contribution in [0.2, 0.25) is 0 Å². The summed E-state index contributed by atoms with van der Waals surface area (Å²) >= 11 is 0. The van der Waals surface area contributed by atoms with Crippen molar-refractivity contribution < 1.29 is 0 Å². The Kier molecular flexibility index (Phi) is 11.4. The van der Waals surface area contributed by atoms with Gasteiger partial charge < -0.3 is 9.47 Å². The van der Waals surface area contributed by atoms with Crippen LogP contribution in [0, 0.1) is 0 Å². The van der Waals surface area contributed by atoms with Crippen LogP contribution in [0.1, 0.15) is 43.6 Å². The first-order chi connectivity index (χ1) is 35.7. The summed E-state index contributed by atoms with van der Waals surface area (Å²) in [5.41, 5.74) is 20.3. The number of fused-ring (bicyclic) bond motifs is 4. The fourth-order valence-corrected chi connectivity index (χ4v) is 11.7. The van der Waals surface area contributed by atoms with Crippen molar-refractivity contribution in [1.82, 2.24) is 4.57 Å². The minimum absolute atomic E-state index is 0.701. The fourth-order valence-electron chi connectivity index (χ4n) is 11.7. The molecule has 0 aliphatic heterocycles. The third-order valence-electron chi connectivity index (χ3n) is 15.2. The highest BCUT2D eigenvalue weighted by Crippen LogP contribution is 2.47. The Bertz CT molecular complexity index is 3790. The van der Waals surface area contributed by atoms with Crippen LogP contribution < -0.4 is 4.90 Å². The normalized spacial score (nSPS) is 12.9. The molecule has 0 spiro atoms. The first-order valence-corrected chi connectivity index (χ1v) is 25.7. The molecule has 2 nitrogen and oxygen atoms in total. The van der Waals surface area contributed by atoms with Crippen LogP contribution in [-0.2, 0) is 0 Å². The molecule has 1 heterocycles. The minimum Gasteiger partial charge on any atom is -0.310 e. The summed E-state index contributed by atoms with van der Waals surface area (Å²) in [6.45, 7) is 0. The zero-order chi connectivity index (χ0) is 47.8. The van der Waals surface area contributed by atoms with E-state index in [1.54, 1.807) is 0 Å². The van der Waals surface area contributed by atoms with Gasteiger partial charge in [-0.05, 0) is 134 Å². The van der Waals surface area contributed by atoms with E-state index < -0.39 is 0 Å². The molecule has 1 aliphatic rings. The van der Waals surface area contributed by atoms with Gasteiger partial charge in [0, 0.05) is 33.4 Å². The first-order valence-electron chi connectivity index (χ1n) is 25.7. The Hall–Kier alpha value is -8.72. The Morgan fingerprint density at radius 3 is 1.53 bits per heavy atom. The Morgan fingerprint density at radius 1 is 0.333 bits per heavy atom. The minimum atomic E-state index is 0.701. The summed E-state index contributed by atoms with van der Waals surface area (Å²) < 4.78 is 2.45. The maximum Gasteiger partial charge on any atom is 0.0561 e. The summed E-state index contributed by atoms with van der Waals surface area (Å²) in [5.74, 6) is 0.701. The van der Waals surface area contributed by atoms with Crippen molar-refractivity contribution in [3.05, 3.63) is 266 Å². The standard InChI is InChI=1S/C70H54N2/c1-5-18-49(19-6-1)50-32-34-51(35-33-50)52-36-41-59(42-37-52)72-66-31-16-15-28-64(66)65-46-45-60(48-68(65)72)71(67-47-40-55-24-13-14-27-63(55)70(67)56-25-11-4-12-26-56)58-43-38-57(39-44-58)69-61(53-20-7-2-8-21-53)29-17-30-62(69)54-22-9-3-10-23-54/h2-4,7-17,20-49H,1,5-6,18-19H2. The van der Waals surface area contributed by atoms with Crippen LogP contribution >= 0.6 is 0 Å². The number of rotatable bonds is 10. The second-order valence-corrected chi connectivity index (χ2v) is 19.4. The summed E-state index contributed by atoms with van der Waals surface area (Å²) in [6, 6.07) is 96.3.